The van der Waals surface area contributed by atoms with Gasteiger partial charge in [0.2, 0.25) is 0 Å². The lowest BCUT2D eigenvalue weighted by atomic mass is 10.1. The van der Waals surface area contributed by atoms with Crippen LogP contribution in [0.5, 0.6) is 5.75 Å². The zero-order valence-corrected chi connectivity index (χ0v) is 11.1. The molecule has 0 radical (unpaired) electrons. The average molecular weight is 298 g/mol. The molecule has 1 aromatic carbocycles. The normalized spacial score (nSPS) is 11.9. The van der Waals surface area contributed by atoms with Gasteiger partial charge in [0, 0.05) is 10.4 Å². The first kappa shape index (κ1) is 13.5. The van der Waals surface area contributed by atoms with Gasteiger partial charge in [-0.15, -0.1) is 0 Å². The quantitative estimate of drug-likeness (QED) is 0.928. The Kier molecular flexibility index (Phi) is 4.53. The zero-order chi connectivity index (χ0) is 13.0. The van der Waals surface area contributed by atoms with E-state index in [1.165, 1.54) is 0 Å². The smallest absolute Gasteiger partial charge is 0.345 e. The summed E-state index contributed by atoms with van der Waals surface area (Å²) in [6, 6.07) is 6.85. The number of rotatable bonds is 4. The first-order valence-electron chi connectivity index (χ1n) is 5.04. The van der Waals surface area contributed by atoms with Gasteiger partial charge in [-0.2, -0.15) is 5.26 Å². The summed E-state index contributed by atoms with van der Waals surface area (Å²) in [4.78, 5) is 11.0. The van der Waals surface area contributed by atoms with E-state index in [1.54, 1.807) is 32.0 Å². The minimum atomic E-state index is -1.04. The summed E-state index contributed by atoms with van der Waals surface area (Å²) in [5.74, 6) is -0.925. The Morgan fingerprint density at radius 2 is 2.18 bits per heavy atom. The first-order chi connectivity index (χ1) is 7.95. The van der Waals surface area contributed by atoms with Gasteiger partial charge >= 0.3 is 5.97 Å². The molecule has 0 aliphatic heterocycles. The fourth-order valence-electron chi connectivity index (χ4n) is 1.30. The van der Waals surface area contributed by atoms with Crippen LogP contribution in [0, 0.1) is 17.2 Å². The van der Waals surface area contributed by atoms with Gasteiger partial charge in [0.05, 0.1) is 5.56 Å². The van der Waals surface area contributed by atoms with Crippen molar-refractivity contribution in [3.8, 4) is 11.8 Å². The van der Waals surface area contributed by atoms with Crippen molar-refractivity contribution in [2.24, 2.45) is 5.92 Å². The van der Waals surface area contributed by atoms with E-state index in [-0.39, 0.29) is 11.7 Å². The van der Waals surface area contributed by atoms with E-state index in [4.69, 9.17) is 15.1 Å². The molecule has 90 valence electrons. The number of aliphatic carboxylic acids is 1. The molecule has 0 amide bonds. The molecule has 1 atom stereocenters. The van der Waals surface area contributed by atoms with Crippen molar-refractivity contribution < 1.29 is 14.6 Å². The Bertz CT molecular complexity index is 465. The third-order valence-corrected chi connectivity index (χ3v) is 2.66. The topological polar surface area (TPSA) is 70.3 Å². The van der Waals surface area contributed by atoms with Crippen LogP contribution in [0.1, 0.15) is 19.4 Å². The van der Waals surface area contributed by atoms with Crippen LogP contribution in [0.25, 0.3) is 0 Å². The maximum Gasteiger partial charge on any atom is 0.345 e. The second-order valence-corrected chi connectivity index (χ2v) is 4.79. The number of carboxylic acids is 1. The molecule has 4 nitrogen and oxygen atoms in total. The van der Waals surface area contributed by atoms with Gasteiger partial charge in [-0.3, -0.25) is 0 Å². The van der Waals surface area contributed by atoms with Crippen LogP contribution >= 0.6 is 15.9 Å². The highest BCUT2D eigenvalue weighted by Crippen LogP contribution is 2.24. The molecule has 0 spiro atoms. The molecule has 1 N–H and O–H groups in total. The maximum absolute atomic E-state index is 11.0. The lowest BCUT2D eigenvalue weighted by Crippen LogP contribution is -2.32. The van der Waals surface area contributed by atoms with Crippen molar-refractivity contribution in [1.82, 2.24) is 0 Å². The van der Waals surface area contributed by atoms with Crippen LogP contribution in [-0.2, 0) is 4.79 Å². The highest BCUT2D eigenvalue weighted by atomic mass is 79.9. The summed E-state index contributed by atoms with van der Waals surface area (Å²) < 4.78 is 6.12. The van der Waals surface area contributed by atoms with E-state index in [0.29, 0.717) is 5.56 Å². The number of ether oxygens (including phenoxy) is 1. The van der Waals surface area contributed by atoms with Gasteiger partial charge in [0.25, 0.3) is 0 Å². The summed E-state index contributed by atoms with van der Waals surface area (Å²) in [6.45, 7) is 3.51. The van der Waals surface area contributed by atoms with E-state index in [2.05, 4.69) is 15.9 Å². The summed E-state index contributed by atoms with van der Waals surface area (Å²) in [7, 11) is 0. The Labute approximate surface area is 108 Å². The van der Waals surface area contributed by atoms with Crippen LogP contribution in [-0.4, -0.2) is 17.2 Å². The van der Waals surface area contributed by atoms with E-state index in [0.717, 1.165) is 4.47 Å². The van der Waals surface area contributed by atoms with Gasteiger partial charge < -0.3 is 9.84 Å². The van der Waals surface area contributed by atoms with Crippen LogP contribution in [0.15, 0.2) is 22.7 Å². The average Bonchev–Trinajstić information content (AvgIpc) is 2.26. The molecular weight excluding hydrogens is 286 g/mol. The largest absolute Gasteiger partial charge is 0.478 e. The van der Waals surface area contributed by atoms with Gasteiger partial charge in [-0.05, 0) is 18.2 Å². The highest BCUT2D eigenvalue weighted by molar-refractivity contribution is 9.10. The van der Waals surface area contributed by atoms with Crippen molar-refractivity contribution in [3.63, 3.8) is 0 Å². The highest BCUT2D eigenvalue weighted by Gasteiger charge is 2.24. The Hall–Kier alpha value is -1.54. The summed E-state index contributed by atoms with van der Waals surface area (Å²) in [5, 5.41) is 17.9. The van der Waals surface area contributed by atoms with Gasteiger partial charge in [0.15, 0.2) is 6.10 Å². The molecule has 17 heavy (non-hydrogen) atoms. The van der Waals surface area contributed by atoms with Crippen LogP contribution < -0.4 is 4.74 Å². The van der Waals surface area contributed by atoms with Crippen LogP contribution in [0.4, 0.5) is 0 Å². The number of carboxylic acid groups (broad SMARTS) is 1. The number of hydrogen-bond donors (Lipinski definition) is 1. The van der Waals surface area contributed by atoms with E-state index >= 15 is 0 Å². The monoisotopic (exact) mass is 297 g/mol. The minimum absolute atomic E-state index is 0.178. The first-order valence-corrected chi connectivity index (χ1v) is 5.84. The van der Waals surface area contributed by atoms with Crippen molar-refractivity contribution in [2.75, 3.05) is 0 Å². The molecule has 0 heterocycles. The molecule has 1 rings (SSSR count). The number of benzene rings is 1. The summed E-state index contributed by atoms with van der Waals surface area (Å²) in [5.41, 5.74) is 0.311. The van der Waals surface area contributed by atoms with Crippen molar-refractivity contribution in [2.45, 2.75) is 20.0 Å². The van der Waals surface area contributed by atoms with Crippen molar-refractivity contribution >= 4 is 21.9 Å². The van der Waals surface area contributed by atoms with Gasteiger partial charge in [-0.1, -0.05) is 29.8 Å². The summed E-state index contributed by atoms with van der Waals surface area (Å²) in [6.07, 6.45) is -0.955. The van der Waals surface area contributed by atoms with E-state index < -0.39 is 12.1 Å². The molecule has 0 saturated carbocycles. The molecule has 0 aliphatic carbocycles. The third-order valence-electron chi connectivity index (χ3n) is 2.16. The molecule has 5 heteroatoms. The minimum Gasteiger partial charge on any atom is -0.478 e. The molecule has 0 bridgehead atoms. The Balaban J connectivity index is 3.02. The SMILES string of the molecule is CC(C)[C@H](Oc1ccc(Br)cc1C#N)C(=O)O. The molecule has 0 aromatic heterocycles. The number of carbonyl (C=O) groups is 1. The molecule has 0 fully saturated rings. The fourth-order valence-corrected chi connectivity index (χ4v) is 1.66. The van der Waals surface area contributed by atoms with Crippen LogP contribution in [0.2, 0.25) is 0 Å². The summed E-state index contributed by atoms with van der Waals surface area (Å²) >= 11 is 3.24. The Morgan fingerprint density at radius 1 is 1.53 bits per heavy atom. The number of nitriles is 1. The van der Waals surface area contributed by atoms with Crippen molar-refractivity contribution in [1.29, 1.82) is 5.26 Å². The maximum atomic E-state index is 11.0. The van der Waals surface area contributed by atoms with E-state index in [1.807, 2.05) is 6.07 Å². The van der Waals surface area contributed by atoms with Crippen LogP contribution in [0.3, 0.4) is 0 Å². The zero-order valence-electron chi connectivity index (χ0n) is 9.48. The fraction of sp³-hybridized carbons (Fsp3) is 0.333. The predicted molar refractivity (Wildman–Crippen MR) is 65.7 cm³/mol. The Morgan fingerprint density at radius 3 is 2.65 bits per heavy atom. The lowest BCUT2D eigenvalue weighted by molar-refractivity contribution is -0.147. The number of hydrogen-bond acceptors (Lipinski definition) is 3. The number of halogens is 1. The van der Waals surface area contributed by atoms with Gasteiger partial charge in [-0.25, -0.2) is 4.79 Å². The standard InChI is InChI=1S/C12H12BrNO3/c1-7(2)11(12(15)16)17-10-4-3-9(13)5-8(10)6-14/h3-5,7,11H,1-2H3,(H,15,16)/t11-/m0/s1. The molecule has 0 aliphatic rings. The molecule has 0 unspecified atom stereocenters. The molecular formula is C12H12BrNO3. The molecule has 1 aromatic rings. The molecule has 0 saturated heterocycles. The third kappa shape index (κ3) is 3.46. The van der Waals surface area contributed by atoms with Crippen molar-refractivity contribution in [3.05, 3.63) is 28.2 Å². The van der Waals surface area contributed by atoms with Gasteiger partial charge in [0.1, 0.15) is 11.8 Å². The lowest BCUT2D eigenvalue weighted by Gasteiger charge is -2.19. The predicted octanol–water partition coefficient (Wildman–Crippen LogP) is 2.81. The second kappa shape index (κ2) is 5.69. The second-order valence-electron chi connectivity index (χ2n) is 3.87. The van der Waals surface area contributed by atoms with E-state index in [9.17, 15) is 4.79 Å². The number of nitrogens with zero attached hydrogens (tertiary/aromatic N) is 1.